The lowest BCUT2D eigenvalue weighted by Crippen LogP contribution is -2.46. The maximum Gasteiger partial charge on any atom is 0.160 e. The highest BCUT2D eigenvalue weighted by Gasteiger charge is 2.58. The average molecular weight is 436 g/mol. The monoisotopic (exact) mass is 435 g/mol. The van der Waals surface area contributed by atoms with Gasteiger partial charge in [0.1, 0.15) is 0 Å². The van der Waals surface area contributed by atoms with Gasteiger partial charge in [-0.3, -0.25) is 0 Å². The molecule has 3 aliphatic carbocycles. The third kappa shape index (κ3) is 3.34. The van der Waals surface area contributed by atoms with Crippen LogP contribution in [0.4, 0.5) is 0 Å². The first-order valence-electron chi connectivity index (χ1n) is 11.6. The quantitative estimate of drug-likeness (QED) is 0.611. The lowest BCUT2D eigenvalue weighted by Gasteiger charge is -2.51. The Bertz CT molecular complexity index is 1030. The van der Waals surface area contributed by atoms with Gasteiger partial charge in [-0.15, -0.1) is 0 Å². The van der Waals surface area contributed by atoms with E-state index >= 15 is 0 Å². The molecule has 5 heteroatoms. The van der Waals surface area contributed by atoms with E-state index in [1.807, 2.05) is 12.1 Å². The Morgan fingerprint density at radius 1 is 1.16 bits per heavy atom. The van der Waals surface area contributed by atoms with Crippen LogP contribution in [0.1, 0.15) is 66.9 Å². The summed E-state index contributed by atoms with van der Waals surface area (Å²) in [7, 11) is 1.58. The van der Waals surface area contributed by atoms with E-state index in [2.05, 4.69) is 38.1 Å². The molecule has 2 aromatic carbocycles. The topological polar surface area (TPSA) is 82.8 Å². The maximum absolute atomic E-state index is 10.8. The van der Waals surface area contributed by atoms with Gasteiger partial charge in [-0.05, 0) is 66.8 Å². The van der Waals surface area contributed by atoms with Crippen LogP contribution >= 0.6 is 0 Å². The minimum absolute atomic E-state index is 0.0645. The van der Waals surface area contributed by atoms with Gasteiger partial charge in [0.15, 0.2) is 11.5 Å². The van der Waals surface area contributed by atoms with Crippen molar-refractivity contribution < 1.29 is 19.7 Å². The Labute approximate surface area is 189 Å². The second kappa shape index (κ2) is 7.89. The number of aromatic hydroxyl groups is 1. The molecule has 170 valence electrons. The normalized spacial score (nSPS) is 33.4. The number of phenols is 1. The number of hydrogen-bond acceptors (Lipinski definition) is 5. The van der Waals surface area contributed by atoms with Gasteiger partial charge in [0.2, 0.25) is 0 Å². The molecular formula is C27H33NO4. The number of aliphatic hydroxyl groups is 1. The molecule has 32 heavy (non-hydrogen) atoms. The van der Waals surface area contributed by atoms with Gasteiger partial charge < -0.3 is 25.1 Å². The molecule has 2 unspecified atom stereocenters. The third-order valence-electron chi connectivity index (χ3n) is 8.39. The van der Waals surface area contributed by atoms with Gasteiger partial charge >= 0.3 is 0 Å². The number of phenolic OH excluding ortho intramolecular Hbond substituents is 1. The molecule has 3 N–H and O–H groups in total. The van der Waals surface area contributed by atoms with Crippen LogP contribution < -0.4 is 4.74 Å². The molecule has 3 aliphatic rings. The fourth-order valence-corrected chi connectivity index (χ4v) is 6.62. The summed E-state index contributed by atoms with van der Waals surface area (Å²) in [5.74, 6) is 1.20. The van der Waals surface area contributed by atoms with Crippen molar-refractivity contribution >= 4 is 5.71 Å². The fraction of sp³-hybridized carbons (Fsp3) is 0.519. The van der Waals surface area contributed by atoms with Crippen molar-refractivity contribution in [2.45, 2.75) is 64.3 Å². The van der Waals surface area contributed by atoms with E-state index in [-0.39, 0.29) is 35.0 Å². The summed E-state index contributed by atoms with van der Waals surface area (Å²) in [4.78, 5) is 0. The Kier molecular flexibility index (Phi) is 5.30. The van der Waals surface area contributed by atoms with E-state index in [9.17, 15) is 10.2 Å². The molecule has 0 spiro atoms. The summed E-state index contributed by atoms with van der Waals surface area (Å²) in [6.07, 6.45) is 2.53. The smallest absolute Gasteiger partial charge is 0.160 e. The van der Waals surface area contributed by atoms with Crippen molar-refractivity contribution in [2.75, 3.05) is 7.11 Å². The van der Waals surface area contributed by atoms with Crippen molar-refractivity contribution in [1.29, 1.82) is 5.41 Å². The molecule has 6 atom stereocenters. The Balaban J connectivity index is 1.52. The highest BCUT2D eigenvalue weighted by molar-refractivity contribution is 5.88. The number of fused-ring (bicyclic) bond motifs is 5. The number of methoxy groups -OCH3 is 1. The number of rotatable bonds is 4. The van der Waals surface area contributed by atoms with E-state index in [0.29, 0.717) is 24.5 Å². The molecule has 5 rings (SSSR count). The van der Waals surface area contributed by atoms with Crippen LogP contribution in [-0.4, -0.2) is 29.1 Å². The van der Waals surface area contributed by atoms with Crippen molar-refractivity contribution in [3.63, 3.8) is 0 Å². The molecular weight excluding hydrogens is 402 g/mol. The summed E-state index contributed by atoms with van der Waals surface area (Å²) in [6.45, 7) is 4.73. The lowest BCUT2D eigenvalue weighted by molar-refractivity contribution is -0.0462. The molecule has 2 saturated carbocycles. The first-order chi connectivity index (χ1) is 15.3. The number of aryl methyl sites for hydroxylation is 1. The third-order valence-corrected chi connectivity index (χ3v) is 8.39. The van der Waals surface area contributed by atoms with Crippen LogP contribution in [0.5, 0.6) is 11.5 Å². The number of nitrogens with one attached hydrogen (secondary N) is 1. The van der Waals surface area contributed by atoms with E-state index in [4.69, 9.17) is 14.9 Å². The van der Waals surface area contributed by atoms with Crippen LogP contribution in [0.2, 0.25) is 0 Å². The van der Waals surface area contributed by atoms with Gasteiger partial charge in [0.25, 0.3) is 0 Å². The summed E-state index contributed by atoms with van der Waals surface area (Å²) in [6, 6.07) is 12.2. The van der Waals surface area contributed by atoms with Gasteiger partial charge in [-0.2, -0.15) is 0 Å². The molecule has 0 aromatic heterocycles. The standard InChI is InChI=1S/C27H33NO4/c1-15-4-6-16(7-5-15)14-32-23-12-20-17(18-11-24(31-3)22(29)10-19(18)23)8-9-27(2)25(30)13-21(28)26(20)27/h4-7,10-11,17,20,23,25-26,28-30H,8-9,12-14H2,1-3H3/t17-,20-,23?,25?,26-,27-/m1/s1. The van der Waals surface area contributed by atoms with Crippen molar-refractivity contribution in [3.8, 4) is 11.5 Å². The Hall–Kier alpha value is -2.37. The van der Waals surface area contributed by atoms with Gasteiger partial charge in [0.05, 0.1) is 25.9 Å². The first-order valence-corrected chi connectivity index (χ1v) is 11.6. The molecule has 5 nitrogen and oxygen atoms in total. The SMILES string of the molecule is COc1cc2c(cc1O)C(OCc1ccc(C)cc1)C[C@@H]1[C@@H]2CC[C@]2(C)C(O)CC(=N)[C@@H]12. The lowest BCUT2D eigenvalue weighted by atomic mass is 9.54. The average Bonchev–Trinajstić information content (AvgIpc) is 3.01. The zero-order valence-corrected chi connectivity index (χ0v) is 19.1. The number of aliphatic hydroxyl groups excluding tert-OH is 1. The van der Waals surface area contributed by atoms with Gasteiger partial charge in [-0.25, -0.2) is 0 Å². The largest absolute Gasteiger partial charge is 0.504 e. The zero-order valence-electron chi connectivity index (χ0n) is 19.1. The maximum atomic E-state index is 10.8. The summed E-state index contributed by atoms with van der Waals surface area (Å²) in [5, 5.41) is 30.0. The minimum atomic E-state index is -0.441. The molecule has 0 amide bonds. The van der Waals surface area contributed by atoms with E-state index in [1.54, 1.807) is 7.11 Å². The van der Waals surface area contributed by atoms with Crippen LogP contribution in [0, 0.1) is 29.6 Å². The molecule has 0 heterocycles. The van der Waals surface area contributed by atoms with E-state index in [0.717, 1.165) is 30.4 Å². The summed E-state index contributed by atoms with van der Waals surface area (Å²) in [5.41, 5.74) is 4.98. The second-order valence-electron chi connectivity index (χ2n) is 10.2. The molecule has 2 fully saturated rings. The number of hydrogen-bond donors (Lipinski definition) is 3. The number of benzene rings is 2. The predicted octanol–water partition coefficient (Wildman–Crippen LogP) is 5.27. The predicted molar refractivity (Wildman–Crippen MR) is 123 cm³/mol. The second-order valence-corrected chi connectivity index (χ2v) is 10.2. The van der Waals surface area contributed by atoms with Gasteiger partial charge in [-0.1, -0.05) is 36.8 Å². The van der Waals surface area contributed by atoms with E-state index in [1.165, 1.54) is 11.1 Å². The Morgan fingerprint density at radius 2 is 1.91 bits per heavy atom. The van der Waals surface area contributed by atoms with Crippen molar-refractivity contribution in [1.82, 2.24) is 0 Å². The zero-order chi connectivity index (χ0) is 22.6. The highest BCUT2D eigenvalue weighted by atomic mass is 16.5. The Morgan fingerprint density at radius 3 is 2.62 bits per heavy atom. The molecule has 0 radical (unpaired) electrons. The summed E-state index contributed by atoms with van der Waals surface area (Å²) < 4.78 is 11.9. The summed E-state index contributed by atoms with van der Waals surface area (Å²) >= 11 is 0. The molecule has 0 saturated heterocycles. The van der Waals surface area contributed by atoms with Crippen molar-refractivity contribution in [3.05, 3.63) is 58.7 Å². The minimum Gasteiger partial charge on any atom is -0.504 e. The first kappa shape index (κ1) is 21.5. The van der Waals surface area contributed by atoms with Crippen LogP contribution in [0.25, 0.3) is 0 Å². The molecule has 2 aromatic rings. The van der Waals surface area contributed by atoms with E-state index < -0.39 is 6.10 Å². The fourth-order valence-electron chi connectivity index (χ4n) is 6.62. The van der Waals surface area contributed by atoms with Crippen LogP contribution in [0.3, 0.4) is 0 Å². The van der Waals surface area contributed by atoms with Gasteiger partial charge in [0, 0.05) is 23.5 Å². The highest BCUT2D eigenvalue weighted by Crippen LogP contribution is 2.62. The number of ether oxygens (including phenoxy) is 2. The van der Waals surface area contributed by atoms with Crippen molar-refractivity contribution in [2.24, 2.45) is 17.3 Å². The van der Waals surface area contributed by atoms with Crippen LogP contribution in [-0.2, 0) is 11.3 Å². The van der Waals surface area contributed by atoms with Crippen LogP contribution in [0.15, 0.2) is 36.4 Å². The molecule has 0 aliphatic heterocycles. The molecule has 0 bridgehead atoms.